The minimum absolute atomic E-state index is 0.168. The Morgan fingerprint density at radius 2 is 1.21 bits per heavy atom. The zero-order valence-corrected chi connectivity index (χ0v) is 13.6. The Hall–Kier alpha value is 0.360. The SMILES string of the molecule is CCCCOCCOP(=O)(Cl)OCCOCCCC. The van der Waals surface area contributed by atoms with E-state index in [2.05, 4.69) is 13.8 Å². The molecule has 5 nitrogen and oxygen atoms in total. The van der Waals surface area contributed by atoms with Gasteiger partial charge in [0, 0.05) is 24.5 Å². The van der Waals surface area contributed by atoms with E-state index in [-0.39, 0.29) is 13.2 Å². The van der Waals surface area contributed by atoms with E-state index >= 15 is 0 Å². The number of halogens is 1. The van der Waals surface area contributed by atoms with Crippen LogP contribution in [0.25, 0.3) is 0 Å². The van der Waals surface area contributed by atoms with Crippen LogP contribution in [0.2, 0.25) is 0 Å². The smallest absolute Gasteiger partial charge is 0.379 e. The van der Waals surface area contributed by atoms with Gasteiger partial charge in [-0.1, -0.05) is 26.7 Å². The van der Waals surface area contributed by atoms with Gasteiger partial charge in [-0.2, -0.15) is 0 Å². The minimum Gasteiger partial charge on any atom is -0.379 e. The van der Waals surface area contributed by atoms with Crippen molar-refractivity contribution >= 4 is 18.2 Å². The molecule has 116 valence electrons. The Bertz CT molecular complexity index is 220. The molecule has 7 heteroatoms. The molecule has 0 saturated carbocycles. The van der Waals surface area contributed by atoms with Crippen molar-refractivity contribution in [2.45, 2.75) is 39.5 Å². The van der Waals surface area contributed by atoms with Crippen molar-refractivity contribution in [3.8, 4) is 0 Å². The van der Waals surface area contributed by atoms with Gasteiger partial charge in [0.15, 0.2) is 0 Å². The summed E-state index contributed by atoms with van der Waals surface area (Å²) in [5.41, 5.74) is 0. The molecule has 0 amide bonds. The van der Waals surface area contributed by atoms with E-state index < -0.39 is 6.95 Å². The predicted molar refractivity (Wildman–Crippen MR) is 76.8 cm³/mol. The molecule has 0 rings (SSSR count). The van der Waals surface area contributed by atoms with Crippen LogP contribution in [0.3, 0.4) is 0 Å². The Morgan fingerprint density at radius 1 is 0.789 bits per heavy atom. The average molecular weight is 317 g/mol. The molecule has 19 heavy (non-hydrogen) atoms. The first-order chi connectivity index (χ1) is 9.12. The number of rotatable bonds is 14. The summed E-state index contributed by atoms with van der Waals surface area (Å²) in [5.74, 6) is 0. The van der Waals surface area contributed by atoms with Crippen molar-refractivity contribution in [2.75, 3.05) is 39.6 Å². The molecule has 0 saturated heterocycles. The highest BCUT2D eigenvalue weighted by molar-refractivity contribution is 7.81. The zero-order chi connectivity index (χ0) is 14.4. The molecule has 0 aromatic rings. The Morgan fingerprint density at radius 3 is 1.58 bits per heavy atom. The fourth-order valence-corrected chi connectivity index (χ4v) is 2.22. The molecule has 0 aromatic carbocycles. The van der Waals surface area contributed by atoms with Crippen LogP contribution in [0, 0.1) is 0 Å². The molecule has 0 heterocycles. The van der Waals surface area contributed by atoms with E-state index in [0.29, 0.717) is 26.4 Å². The highest BCUT2D eigenvalue weighted by Crippen LogP contribution is 2.53. The summed E-state index contributed by atoms with van der Waals surface area (Å²) in [6.07, 6.45) is 4.17. The summed E-state index contributed by atoms with van der Waals surface area (Å²) in [5, 5.41) is 0. The van der Waals surface area contributed by atoms with Crippen LogP contribution in [0.15, 0.2) is 0 Å². The van der Waals surface area contributed by atoms with E-state index in [0.717, 1.165) is 25.7 Å². The fraction of sp³-hybridized carbons (Fsp3) is 1.00. The van der Waals surface area contributed by atoms with Gasteiger partial charge < -0.3 is 9.47 Å². The van der Waals surface area contributed by atoms with Crippen LogP contribution in [0.1, 0.15) is 39.5 Å². The van der Waals surface area contributed by atoms with Crippen molar-refractivity contribution < 1.29 is 23.1 Å². The van der Waals surface area contributed by atoms with Gasteiger partial charge >= 0.3 is 6.95 Å². The molecule has 0 fully saturated rings. The molecule has 0 N–H and O–H groups in total. The lowest BCUT2D eigenvalue weighted by molar-refractivity contribution is 0.0762. The quantitative estimate of drug-likeness (QED) is 0.358. The average Bonchev–Trinajstić information content (AvgIpc) is 2.38. The maximum Gasteiger partial charge on any atom is 0.424 e. The minimum atomic E-state index is -3.49. The summed E-state index contributed by atoms with van der Waals surface area (Å²) in [4.78, 5) is 0. The standard InChI is InChI=1S/C12H26ClO5P/c1-3-5-7-15-9-11-17-19(13,14)18-12-10-16-8-6-4-2/h3-12H2,1-2H3. The first-order valence-corrected chi connectivity index (χ1v) is 9.31. The summed E-state index contributed by atoms with van der Waals surface area (Å²) in [7, 11) is 0. The highest BCUT2D eigenvalue weighted by Gasteiger charge is 2.20. The van der Waals surface area contributed by atoms with Crippen LogP contribution < -0.4 is 0 Å². The number of hydrogen-bond donors (Lipinski definition) is 0. The topological polar surface area (TPSA) is 54.0 Å². The Labute approximate surface area is 121 Å². The van der Waals surface area contributed by atoms with Gasteiger partial charge in [-0.15, -0.1) is 0 Å². The van der Waals surface area contributed by atoms with Crippen LogP contribution in [-0.4, -0.2) is 39.6 Å². The van der Waals surface area contributed by atoms with E-state index in [1.165, 1.54) is 0 Å². The lowest BCUT2D eigenvalue weighted by Crippen LogP contribution is -2.06. The molecule has 0 aromatic heterocycles. The fourth-order valence-electron chi connectivity index (χ4n) is 1.14. The van der Waals surface area contributed by atoms with E-state index in [9.17, 15) is 4.57 Å². The van der Waals surface area contributed by atoms with Crippen molar-refractivity contribution in [3.05, 3.63) is 0 Å². The highest BCUT2D eigenvalue weighted by atomic mass is 35.7. The second kappa shape index (κ2) is 13.3. The summed E-state index contributed by atoms with van der Waals surface area (Å²) < 4.78 is 32.0. The van der Waals surface area contributed by atoms with Crippen molar-refractivity contribution in [1.29, 1.82) is 0 Å². The van der Waals surface area contributed by atoms with Crippen molar-refractivity contribution in [3.63, 3.8) is 0 Å². The van der Waals surface area contributed by atoms with Gasteiger partial charge in [0.2, 0.25) is 0 Å². The number of unbranched alkanes of at least 4 members (excludes halogenated alkanes) is 2. The zero-order valence-electron chi connectivity index (χ0n) is 11.9. The first-order valence-electron chi connectivity index (χ1n) is 6.86. The van der Waals surface area contributed by atoms with E-state index in [1.54, 1.807) is 0 Å². The van der Waals surface area contributed by atoms with Crippen LogP contribution in [-0.2, 0) is 23.1 Å². The van der Waals surface area contributed by atoms with Gasteiger partial charge in [0.05, 0.1) is 26.4 Å². The maximum absolute atomic E-state index is 11.6. The van der Waals surface area contributed by atoms with Crippen LogP contribution in [0.5, 0.6) is 0 Å². The van der Waals surface area contributed by atoms with Gasteiger partial charge in [-0.05, 0) is 12.8 Å². The van der Waals surface area contributed by atoms with Gasteiger partial charge in [-0.3, -0.25) is 9.05 Å². The lowest BCUT2D eigenvalue weighted by atomic mass is 10.4. The van der Waals surface area contributed by atoms with E-state index in [4.69, 9.17) is 29.8 Å². The molecular weight excluding hydrogens is 291 g/mol. The molecule has 0 atom stereocenters. The predicted octanol–water partition coefficient (Wildman–Crippen LogP) is 4.00. The molecule has 0 aliphatic carbocycles. The summed E-state index contributed by atoms with van der Waals surface area (Å²) >= 11 is 5.62. The molecule has 0 radical (unpaired) electrons. The summed E-state index contributed by atoms with van der Waals surface area (Å²) in [6, 6.07) is 0. The number of ether oxygens (including phenoxy) is 2. The van der Waals surface area contributed by atoms with E-state index in [1.807, 2.05) is 0 Å². The maximum atomic E-state index is 11.6. The van der Waals surface area contributed by atoms with Gasteiger partial charge in [-0.25, -0.2) is 4.57 Å². The summed E-state index contributed by atoms with van der Waals surface area (Å²) in [6.45, 7) is 3.11. The Balaban J connectivity index is 3.39. The Kier molecular flexibility index (Phi) is 13.6. The monoisotopic (exact) mass is 316 g/mol. The third kappa shape index (κ3) is 14.6. The van der Waals surface area contributed by atoms with Crippen LogP contribution >= 0.6 is 18.2 Å². The van der Waals surface area contributed by atoms with Gasteiger partial charge in [0.1, 0.15) is 0 Å². The lowest BCUT2D eigenvalue weighted by Gasteiger charge is -2.12. The largest absolute Gasteiger partial charge is 0.424 e. The molecule has 0 bridgehead atoms. The second-order valence-electron chi connectivity index (χ2n) is 4.03. The second-order valence-corrected chi connectivity index (χ2v) is 6.65. The first kappa shape index (κ1) is 19.4. The normalized spacial score (nSPS) is 11.9. The van der Waals surface area contributed by atoms with Gasteiger partial charge in [0.25, 0.3) is 0 Å². The molecular formula is C12H26ClO5P. The third-order valence-electron chi connectivity index (χ3n) is 2.23. The molecule has 0 aliphatic heterocycles. The third-order valence-corrected chi connectivity index (χ3v) is 3.80. The number of hydrogen-bond acceptors (Lipinski definition) is 5. The van der Waals surface area contributed by atoms with Crippen molar-refractivity contribution in [2.24, 2.45) is 0 Å². The molecule has 0 aliphatic rings. The molecule has 0 spiro atoms. The molecule has 0 unspecified atom stereocenters. The van der Waals surface area contributed by atoms with Crippen molar-refractivity contribution in [1.82, 2.24) is 0 Å². The van der Waals surface area contributed by atoms with Crippen LogP contribution in [0.4, 0.5) is 0 Å².